The highest BCUT2D eigenvalue weighted by Crippen LogP contribution is 2.61. The van der Waals surface area contributed by atoms with E-state index < -0.39 is 45.9 Å². The molecule has 2 saturated heterocycles. The second-order valence-electron chi connectivity index (χ2n) is 14.3. The van der Waals surface area contributed by atoms with Gasteiger partial charge in [0, 0.05) is 33.6 Å². The van der Waals surface area contributed by atoms with Crippen LogP contribution >= 0.6 is 0 Å². The van der Waals surface area contributed by atoms with Gasteiger partial charge in [-0.1, -0.05) is 25.0 Å². The Hall–Kier alpha value is -5.32. The number of benzene rings is 7. The number of phenolic OH excluding ortho intramolecular Hbond substituents is 6. The number of piperidine rings is 2. The van der Waals surface area contributed by atoms with Crippen molar-refractivity contribution in [1.29, 1.82) is 0 Å². The standard InChI is InChI=1S/C40H36N2O8/c1-15-11-17-23(21(43)13-15)35(45)33-29-25(17)26-18-12-16(2)14-22(44)24(18)36(46)34-30(26)32(38(48)28(40(34)50)20-8-4-6-10-42-20)31(29)37(47)27(39(33)49)19-7-3-5-9-41-19/h11-14,19-20,41-42,45-50H,3-10H2,1-2H3. The number of fused-ring (bicyclic) bond motifs is 6. The first-order chi connectivity index (χ1) is 24.0. The lowest BCUT2D eigenvalue weighted by atomic mass is 9.79. The first-order valence-electron chi connectivity index (χ1n) is 17.2. The molecular weight excluding hydrogens is 636 g/mol. The quantitative estimate of drug-likeness (QED) is 0.0729. The molecule has 50 heavy (non-hydrogen) atoms. The van der Waals surface area contributed by atoms with Crippen LogP contribution in [-0.4, -0.2) is 43.7 Å². The maximum Gasteiger partial charge on any atom is 0.190 e. The van der Waals surface area contributed by atoms with Crippen molar-refractivity contribution in [2.24, 2.45) is 0 Å². The van der Waals surface area contributed by atoms with Crippen LogP contribution in [0.15, 0.2) is 33.9 Å². The number of aromatic hydroxyl groups is 6. The van der Waals surface area contributed by atoms with Gasteiger partial charge in [0.15, 0.2) is 10.9 Å². The van der Waals surface area contributed by atoms with E-state index in [0.29, 0.717) is 58.6 Å². The Balaban J connectivity index is 1.71. The summed E-state index contributed by atoms with van der Waals surface area (Å²) in [6.07, 6.45) is 4.57. The molecule has 2 aliphatic heterocycles. The number of hydrogen-bond acceptors (Lipinski definition) is 10. The number of hydrogen-bond donors (Lipinski definition) is 8. The lowest BCUT2D eigenvalue weighted by molar-refractivity contribution is 0.372. The second kappa shape index (κ2) is 10.6. The molecule has 2 fully saturated rings. The third-order valence-corrected chi connectivity index (χ3v) is 11.3. The highest BCUT2D eigenvalue weighted by Gasteiger charge is 2.36. The molecule has 0 spiro atoms. The molecule has 9 rings (SSSR count). The molecule has 8 N–H and O–H groups in total. The summed E-state index contributed by atoms with van der Waals surface area (Å²) in [5, 5.41) is 81.6. The molecule has 0 aromatic heterocycles. The van der Waals surface area contributed by atoms with Crippen molar-refractivity contribution in [3.63, 3.8) is 0 Å². The van der Waals surface area contributed by atoms with Gasteiger partial charge in [0.1, 0.15) is 34.5 Å². The summed E-state index contributed by atoms with van der Waals surface area (Å²) in [7, 11) is 0. The van der Waals surface area contributed by atoms with E-state index in [2.05, 4.69) is 10.6 Å². The third-order valence-electron chi connectivity index (χ3n) is 11.3. The zero-order valence-corrected chi connectivity index (χ0v) is 27.6. The molecule has 7 aromatic rings. The molecule has 0 amide bonds. The summed E-state index contributed by atoms with van der Waals surface area (Å²) >= 11 is 0. The van der Waals surface area contributed by atoms with E-state index in [9.17, 15) is 40.2 Å². The van der Waals surface area contributed by atoms with Gasteiger partial charge in [0.25, 0.3) is 0 Å². The molecule has 2 atom stereocenters. The average Bonchev–Trinajstić information content (AvgIpc) is 3.07. The van der Waals surface area contributed by atoms with Gasteiger partial charge in [-0.2, -0.15) is 0 Å². The molecule has 2 aliphatic rings. The van der Waals surface area contributed by atoms with Crippen molar-refractivity contribution in [3.05, 3.63) is 67.0 Å². The fourth-order valence-corrected chi connectivity index (χ4v) is 9.22. The van der Waals surface area contributed by atoms with Crippen molar-refractivity contribution >= 4 is 64.6 Å². The molecule has 10 heteroatoms. The summed E-state index contributed by atoms with van der Waals surface area (Å²) in [5.41, 5.74) is 0.443. The van der Waals surface area contributed by atoms with Gasteiger partial charge < -0.3 is 41.3 Å². The lowest BCUT2D eigenvalue weighted by Crippen LogP contribution is -2.27. The van der Waals surface area contributed by atoms with Crippen molar-refractivity contribution < 1.29 is 30.6 Å². The summed E-state index contributed by atoms with van der Waals surface area (Å²) < 4.78 is 0. The van der Waals surface area contributed by atoms with Crippen LogP contribution in [0, 0.1) is 13.8 Å². The zero-order valence-electron chi connectivity index (χ0n) is 27.6. The van der Waals surface area contributed by atoms with Crippen LogP contribution in [-0.2, 0) is 0 Å². The first kappa shape index (κ1) is 30.7. The zero-order chi connectivity index (χ0) is 34.9. The Morgan fingerprint density at radius 1 is 0.460 bits per heavy atom. The number of phenols is 6. The lowest BCUT2D eigenvalue weighted by Gasteiger charge is -2.30. The third kappa shape index (κ3) is 3.86. The van der Waals surface area contributed by atoms with E-state index in [0.717, 1.165) is 25.7 Å². The van der Waals surface area contributed by atoms with Gasteiger partial charge in [-0.05, 0) is 97.4 Å². The Bertz CT molecular complexity index is 2560. The predicted octanol–water partition coefficient (Wildman–Crippen LogP) is 6.68. The van der Waals surface area contributed by atoms with Crippen molar-refractivity contribution in [2.75, 3.05) is 13.1 Å². The highest BCUT2D eigenvalue weighted by molar-refractivity contribution is 6.46. The minimum Gasteiger partial charge on any atom is -0.507 e. The minimum atomic E-state index is -0.515. The van der Waals surface area contributed by atoms with Crippen LogP contribution in [0.3, 0.4) is 0 Å². The summed E-state index contributed by atoms with van der Waals surface area (Å²) in [4.78, 5) is 27.5. The largest absolute Gasteiger partial charge is 0.507 e. The molecule has 10 nitrogen and oxygen atoms in total. The molecule has 0 radical (unpaired) electrons. The van der Waals surface area contributed by atoms with E-state index in [4.69, 9.17) is 0 Å². The van der Waals surface area contributed by atoms with E-state index in [1.807, 2.05) is 0 Å². The maximum atomic E-state index is 13.8. The molecule has 0 saturated carbocycles. The van der Waals surface area contributed by atoms with E-state index in [-0.39, 0.29) is 65.7 Å². The number of nitrogens with one attached hydrogen (secondary N) is 2. The van der Waals surface area contributed by atoms with E-state index >= 15 is 0 Å². The normalized spacial score (nSPS) is 18.8. The highest BCUT2D eigenvalue weighted by atomic mass is 16.3. The van der Waals surface area contributed by atoms with Gasteiger partial charge >= 0.3 is 0 Å². The fourth-order valence-electron chi connectivity index (χ4n) is 9.22. The van der Waals surface area contributed by atoms with Crippen molar-refractivity contribution in [2.45, 2.75) is 64.5 Å². The van der Waals surface area contributed by atoms with Crippen LogP contribution in [0.2, 0.25) is 0 Å². The Kier molecular flexibility index (Phi) is 6.51. The molecule has 0 bridgehead atoms. The Morgan fingerprint density at radius 3 is 1.20 bits per heavy atom. The van der Waals surface area contributed by atoms with Crippen LogP contribution in [0.25, 0.3) is 64.6 Å². The molecule has 2 unspecified atom stereocenters. The van der Waals surface area contributed by atoms with Gasteiger partial charge in [0.05, 0.1) is 32.7 Å². The molecule has 254 valence electrons. The summed E-state index contributed by atoms with van der Waals surface area (Å²) in [6.45, 7) is 4.73. The van der Waals surface area contributed by atoms with Crippen LogP contribution in [0.4, 0.5) is 0 Å². The summed E-state index contributed by atoms with van der Waals surface area (Å²) in [6, 6.07) is 5.21. The fraction of sp³-hybridized carbons (Fsp3) is 0.300. The minimum absolute atomic E-state index is 0.0584. The Labute approximate surface area is 284 Å². The van der Waals surface area contributed by atoms with Crippen LogP contribution in [0.5, 0.6) is 34.5 Å². The smallest absolute Gasteiger partial charge is 0.190 e. The monoisotopic (exact) mass is 672 g/mol. The van der Waals surface area contributed by atoms with Crippen LogP contribution < -0.4 is 21.5 Å². The Morgan fingerprint density at radius 2 is 0.840 bits per heavy atom. The molecule has 0 aliphatic carbocycles. The van der Waals surface area contributed by atoms with Crippen LogP contribution in [0.1, 0.15) is 72.9 Å². The average molecular weight is 673 g/mol. The molecule has 2 heterocycles. The first-order valence-corrected chi connectivity index (χ1v) is 17.2. The molecule has 7 aromatic carbocycles. The van der Waals surface area contributed by atoms with E-state index in [1.165, 1.54) is 12.1 Å². The van der Waals surface area contributed by atoms with Gasteiger partial charge in [0.2, 0.25) is 0 Å². The second-order valence-corrected chi connectivity index (χ2v) is 14.3. The molecular formula is C40H36N2O8. The number of rotatable bonds is 2. The van der Waals surface area contributed by atoms with Gasteiger partial charge in [-0.25, -0.2) is 0 Å². The maximum absolute atomic E-state index is 13.8. The number of aryl methyl sites for hydroxylation is 2. The van der Waals surface area contributed by atoms with Gasteiger partial charge in [-0.15, -0.1) is 0 Å². The predicted molar refractivity (Wildman–Crippen MR) is 195 cm³/mol. The van der Waals surface area contributed by atoms with Crippen molar-refractivity contribution in [1.82, 2.24) is 10.6 Å². The topological polar surface area (TPSA) is 180 Å². The van der Waals surface area contributed by atoms with Crippen molar-refractivity contribution in [3.8, 4) is 34.5 Å². The SMILES string of the molecule is Cc1cc(=O)c2c(O)c3c(O)c(C4CCCCN4)c(O)c4c5c(O)c(C6CCCCN6)c(O)c6c(O)c7c(=O)cc(C)cc7c(c65)c(c2c1)c34. The van der Waals surface area contributed by atoms with E-state index in [1.54, 1.807) is 26.0 Å². The van der Waals surface area contributed by atoms with Gasteiger partial charge in [-0.3, -0.25) is 9.59 Å². The summed E-state index contributed by atoms with van der Waals surface area (Å²) in [5.74, 6) is -2.36.